The lowest BCUT2D eigenvalue weighted by Crippen LogP contribution is -2.17. The summed E-state index contributed by atoms with van der Waals surface area (Å²) in [4.78, 5) is 18.6. The third-order valence-corrected chi connectivity index (χ3v) is 5.41. The summed E-state index contributed by atoms with van der Waals surface area (Å²) in [7, 11) is 1.54. The quantitative estimate of drug-likeness (QED) is 0.378. The highest BCUT2D eigenvalue weighted by Gasteiger charge is 2.21. The molecular formula is C30H48FNO5. The summed E-state index contributed by atoms with van der Waals surface area (Å²) >= 11 is 0. The standard InChI is InChI=1S/C10H11FO.C8H10O2.C6H15N.C4H8O.C2H4O/c1-6-2-7-4-8(12)5-10(11)9(7)3-6;1-6-3-4-7(9)8(5-6)10-2;1-3-5-6(7)4-2;1-3-4(2)5;1-2-3/h4-6,12H,2-3H2,1H3;3-5,9H,1-2H3;6H,3-5,7H2,1-2H3;3H2,1-2H3;2H,1H3. The van der Waals surface area contributed by atoms with Gasteiger partial charge >= 0.3 is 0 Å². The van der Waals surface area contributed by atoms with Crippen molar-refractivity contribution in [3.8, 4) is 17.2 Å². The average molecular weight is 522 g/mol. The van der Waals surface area contributed by atoms with Crippen LogP contribution in [0.2, 0.25) is 0 Å². The van der Waals surface area contributed by atoms with Gasteiger partial charge in [0, 0.05) is 18.5 Å². The number of Topliss-reactive ketones (excluding diaryl/α,β-unsaturated/α-hetero) is 1. The van der Waals surface area contributed by atoms with Crippen LogP contribution in [0.3, 0.4) is 0 Å². The number of ether oxygens (including phenoxy) is 1. The zero-order valence-corrected chi connectivity index (χ0v) is 23.9. The molecule has 7 heteroatoms. The number of hydrogen-bond donors (Lipinski definition) is 3. The summed E-state index contributed by atoms with van der Waals surface area (Å²) in [6, 6.07) is 8.55. The first kappa shape index (κ1) is 36.2. The molecule has 0 amide bonds. The Morgan fingerprint density at radius 1 is 1.19 bits per heavy atom. The summed E-state index contributed by atoms with van der Waals surface area (Å²) < 4.78 is 18.0. The summed E-state index contributed by atoms with van der Waals surface area (Å²) in [5.41, 5.74) is 8.43. The Kier molecular flexibility index (Phi) is 20.7. The van der Waals surface area contributed by atoms with Gasteiger partial charge in [-0.3, -0.25) is 0 Å². The fourth-order valence-electron chi connectivity index (χ4n) is 3.24. The fourth-order valence-corrected chi connectivity index (χ4v) is 3.24. The lowest BCUT2D eigenvalue weighted by molar-refractivity contribution is -0.116. The van der Waals surface area contributed by atoms with Crippen LogP contribution in [0, 0.1) is 18.7 Å². The number of carbonyl (C=O) groups is 2. The van der Waals surface area contributed by atoms with Crippen molar-refractivity contribution in [3.63, 3.8) is 0 Å². The lowest BCUT2D eigenvalue weighted by Gasteiger charge is -2.03. The first-order valence-electron chi connectivity index (χ1n) is 12.9. The third kappa shape index (κ3) is 17.2. The zero-order valence-electron chi connectivity index (χ0n) is 23.9. The topological polar surface area (TPSA) is 110 Å². The predicted molar refractivity (Wildman–Crippen MR) is 150 cm³/mol. The number of rotatable bonds is 5. The Bertz CT molecular complexity index is 917. The van der Waals surface area contributed by atoms with Gasteiger partial charge in [-0.2, -0.15) is 0 Å². The third-order valence-electron chi connectivity index (χ3n) is 5.41. The molecule has 0 aliphatic heterocycles. The first-order chi connectivity index (χ1) is 17.4. The van der Waals surface area contributed by atoms with E-state index < -0.39 is 0 Å². The van der Waals surface area contributed by atoms with Crippen LogP contribution in [-0.2, 0) is 22.4 Å². The summed E-state index contributed by atoms with van der Waals surface area (Å²) in [6.07, 6.45) is 6.63. The molecule has 210 valence electrons. The Labute approximate surface area is 223 Å². The van der Waals surface area contributed by atoms with E-state index in [0.717, 1.165) is 42.2 Å². The van der Waals surface area contributed by atoms with Gasteiger partial charge in [0.15, 0.2) is 11.5 Å². The van der Waals surface area contributed by atoms with Gasteiger partial charge in [0.25, 0.3) is 0 Å². The fraction of sp³-hybridized carbons (Fsp3) is 0.533. The van der Waals surface area contributed by atoms with E-state index in [1.54, 1.807) is 25.1 Å². The molecule has 6 nitrogen and oxygen atoms in total. The number of aldehydes is 1. The highest BCUT2D eigenvalue weighted by Crippen LogP contribution is 2.31. The molecule has 0 saturated heterocycles. The van der Waals surface area contributed by atoms with Crippen molar-refractivity contribution < 1.29 is 28.9 Å². The Morgan fingerprint density at radius 3 is 2.16 bits per heavy atom. The summed E-state index contributed by atoms with van der Waals surface area (Å²) in [5, 5.41) is 18.2. The number of hydrogen-bond acceptors (Lipinski definition) is 6. The van der Waals surface area contributed by atoms with Crippen LogP contribution in [0.4, 0.5) is 4.39 Å². The summed E-state index contributed by atoms with van der Waals surface area (Å²) in [5.74, 6) is 1.27. The van der Waals surface area contributed by atoms with Crippen LogP contribution in [0.15, 0.2) is 30.3 Å². The minimum atomic E-state index is -0.255. The molecule has 0 bridgehead atoms. The number of benzene rings is 2. The van der Waals surface area contributed by atoms with Crippen molar-refractivity contribution >= 4 is 12.1 Å². The number of aryl methyl sites for hydroxylation is 1. The van der Waals surface area contributed by atoms with Crippen LogP contribution >= 0.6 is 0 Å². The molecule has 2 aromatic carbocycles. The van der Waals surface area contributed by atoms with Crippen molar-refractivity contribution in [1.82, 2.24) is 0 Å². The van der Waals surface area contributed by atoms with Crippen LogP contribution in [0.25, 0.3) is 0 Å². The minimum absolute atomic E-state index is 0.0420. The molecule has 1 aliphatic rings. The van der Waals surface area contributed by atoms with Crippen molar-refractivity contribution in [3.05, 3.63) is 52.8 Å². The van der Waals surface area contributed by atoms with E-state index in [0.29, 0.717) is 24.1 Å². The Hall–Kier alpha value is -2.93. The Balaban J connectivity index is 0. The van der Waals surface area contributed by atoms with Gasteiger partial charge in [-0.25, -0.2) is 4.39 Å². The number of fused-ring (bicyclic) bond motifs is 1. The maximum absolute atomic E-state index is 13.2. The number of aromatic hydroxyl groups is 2. The van der Waals surface area contributed by atoms with Gasteiger partial charge in [0.2, 0.25) is 0 Å². The molecule has 0 fully saturated rings. The van der Waals surface area contributed by atoms with Gasteiger partial charge in [-0.15, -0.1) is 0 Å². The molecule has 0 radical (unpaired) electrons. The molecular weight excluding hydrogens is 473 g/mol. The number of carbonyl (C=O) groups excluding carboxylic acids is 2. The van der Waals surface area contributed by atoms with Gasteiger partial charge in [0.1, 0.15) is 23.6 Å². The molecule has 0 saturated carbocycles. The number of halogens is 1. The van der Waals surface area contributed by atoms with Gasteiger partial charge < -0.3 is 30.3 Å². The second-order valence-corrected chi connectivity index (χ2v) is 9.00. The van der Waals surface area contributed by atoms with Crippen molar-refractivity contribution in [2.75, 3.05) is 7.11 Å². The largest absolute Gasteiger partial charge is 0.508 e. The smallest absolute Gasteiger partial charge is 0.160 e. The molecule has 2 unspecified atom stereocenters. The number of methoxy groups -OCH3 is 1. The molecule has 3 rings (SSSR count). The second-order valence-electron chi connectivity index (χ2n) is 9.00. The van der Waals surface area contributed by atoms with E-state index in [1.165, 1.54) is 32.9 Å². The van der Waals surface area contributed by atoms with Gasteiger partial charge in [-0.1, -0.05) is 40.2 Å². The van der Waals surface area contributed by atoms with E-state index in [9.17, 15) is 9.18 Å². The molecule has 0 heterocycles. The lowest BCUT2D eigenvalue weighted by atomic mass is 10.1. The zero-order chi connectivity index (χ0) is 29.0. The number of nitrogens with two attached hydrogens (primary N) is 1. The first-order valence-corrected chi connectivity index (χ1v) is 12.9. The second kappa shape index (κ2) is 21.2. The highest BCUT2D eigenvalue weighted by atomic mass is 19.1. The average Bonchev–Trinajstić information content (AvgIpc) is 3.23. The van der Waals surface area contributed by atoms with Crippen molar-refractivity contribution in [1.29, 1.82) is 0 Å². The molecule has 37 heavy (non-hydrogen) atoms. The van der Waals surface area contributed by atoms with Gasteiger partial charge in [0.05, 0.1) is 7.11 Å². The van der Waals surface area contributed by atoms with E-state index in [1.807, 2.05) is 19.9 Å². The van der Waals surface area contributed by atoms with E-state index in [-0.39, 0.29) is 23.1 Å². The molecule has 4 N–H and O–H groups in total. The van der Waals surface area contributed by atoms with Crippen LogP contribution < -0.4 is 10.5 Å². The molecule has 2 aromatic rings. The monoisotopic (exact) mass is 521 g/mol. The maximum atomic E-state index is 13.2. The Morgan fingerprint density at radius 2 is 1.76 bits per heavy atom. The maximum Gasteiger partial charge on any atom is 0.160 e. The molecule has 0 spiro atoms. The van der Waals surface area contributed by atoms with E-state index in [2.05, 4.69) is 20.8 Å². The molecule has 0 aromatic heterocycles. The molecule has 2 atom stereocenters. The minimum Gasteiger partial charge on any atom is -0.508 e. The SMILES string of the molecule is CC1Cc2cc(O)cc(F)c2C1.CC=O.CCC(C)=O.CCCC(N)CC.COc1cc(C)ccc1O. The van der Waals surface area contributed by atoms with E-state index >= 15 is 0 Å². The normalized spacial score (nSPS) is 13.4. The number of phenols is 2. The van der Waals surface area contributed by atoms with Gasteiger partial charge in [-0.05, 0) is 87.3 Å². The van der Waals surface area contributed by atoms with Crippen molar-refractivity contribution in [2.45, 2.75) is 93.0 Å². The highest BCUT2D eigenvalue weighted by molar-refractivity contribution is 5.74. The van der Waals surface area contributed by atoms with Crippen molar-refractivity contribution in [2.24, 2.45) is 11.7 Å². The van der Waals surface area contributed by atoms with Crippen LogP contribution in [0.5, 0.6) is 17.2 Å². The molecule has 1 aliphatic carbocycles. The van der Waals surface area contributed by atoms with Crippen LogP contribution in [-0.4, -0.2) is 35.4 Å². The number of phenolic OH excluding ortho intramolecular Hbond substituents is 2. The predicted octanol–water partition coefficient (Wildman–Crippen LogP) is 6.69. The summed E-state index contributed by atoms with van der Waals surface area (Å²) in [6.45, 7) is 13.2. The number of ketones is 1. The van der Waals surface area contributed by atoms with Crippen LogP contribution in [0.1, 0.15) is 83.9 Å². The van der Waals surface area contributed by atoms with E-state index in [4.69, 9.17) is 25.5 Å².